The number of nitrogens with one attached hydrogen (secondary N) is 1. The highest BCUT2D eigenvalue weighted by Crippen LogP contribution is 2.15. The molecule has 0 saturated carbocycles. The lowest BCUT2D eigenvalue weighted by molar-refractivity contribution is -0.134. The van der Waals surface area contributed by atoms with Crippen LogP contribution in [0.4, 0.5) is 5.69 Å². The molecule has 2 aromatic carbocycles. The van der Waals surface area contributed by atoms with E-state index in [-0.39, 0.29) is 18.2 Å². The molecule has 0 atom stereocenters. The predicted octanol–water partition coefficient (Wildman–Crippen LogP) is 3.55. The number of rotatable bonds is 8. The first-order valence-corrected chi connectivity index (χ1v) is 8.40. The van der Waals surface area contributed by atoms with E-state index in [1.54, 1.807) is 24.2 Å². The Morgan fingerprint density at radius 3 is 2.65 bits per heavy atom. The predicted molar refractivity (Wildman–Crippen MR) is 103 cm³/mol. The van der Waals surface area contributed by atoms with Gasteiger partial charge in [0.25, 0.3) is 0 Å². The molecule has 2 amide bonds. The van der Waals surface area contributed by atoms with Gasteiger partial charge in [-0.15, -0.1) is 6.58 Å². The number of hydrogen-bond donors (Lipinski definition) is 1. The second-order valence-corrected chi connectivity index (χ2v) is 6.01. The molecule has 5 heteroatoms. The molecule has 2 rings (SSSR count). The van der Waals surface area contributed by atoms with Crippen LogP contribution in [0.5, 0.6) is 5.75 Å². The van der Waals surface area contributed by atoms with Gasteiger partial charge in [0, 0.05) is 18.8 Å². The van der Waals surface area contributed by atoms with E-state index in [0.717, 1.165) is 16.9 Å². The molecule has 5 nitrogen and oxygen atoms in total. The lowest BCUT2D eigenvalue weighted by Crippen LogP contribution is -2.33. The first-order valence-electron chi connectivity index (χ1n) is 8.40. The van der Waals surface area contributed by atoms with E-state index in [9.17, 15) is 9.59 Å². The molecule has 0 bridgehead atoms. The standard InChI is InChI=1S/C21H24N2O3/c1-4-11-23(15-17-8-6-10-19(13-17)26-3)21(25)14-20(24)22-18-9-5-7-16(2)12-18/h4-10,12-13H,1,11,14-15H2,2-3H3,(H,22,24). The lowest BCUT2D eigenvalue weighted by atomic mass is 10.2. The minimum absolute atomic E-state index is 0.217. The third-order valence-corrected chi connectivity index (χ3v) is 3.82. The molecule has 0 fully saturated rings. The Hall–Kier alpha value is -3.08. The summed E-state index contributed by atoms with van der Waals surface area (Å²) in [6.45, 7) is 6.40. The van der Waals surface area contributed by atoms with E-state index in [1.807, 2.05) is 49.4 Å². The molecule has 0 aliphatic heterocycles. The van der Waals surface area contributed by atoms with Crippen molar-refractivity contribution in [3.8, 4) is 5.75 Å². The van der Waals surface area contributed by atoms with Crippen molar-refractivity contribution in [2.75, 3.05) is 19.0 Å². The number of nitrogens with zero attached hydrogens (tertiary/aromatic N) is 1. The second-order valence-electron chi connectivity index (χ2n) is 6.01. The van der Waals surface area contributed by atoms with Crippen molar-refractivity contribution < 1.29 is 14.3 Å². The maximum absolute atomic E-state index is 12.5. The Kier molecular flexibility index (Phi) is 6.97. The Bertz CT molecular complexity index is 786. The number of amides is 2. The highest BCUT2D eigenvalue weighted by Gasteiger charge is 2.17. The Morgan fingerprint density at radius 2 is 1.96 bits per heavy atom. The van der Waals surface area contributed by atoms with Crippen LogP contribution in [0, 0.1) is 6.92 Å². The molecule has 0 saturated heterocycles. The molecule has 2 aromatic rings. The summed E-state index contributed by atoms with van der Waals surface area (Å²) in [5, 5.41) is 2.76. The van der Waals surface area contributed by atoms with Gasteiger partial charge in [0.2, 0.25) is 11.8 Å². The zero-order valence-corrected chi connectivity index (χ0v) is 15.2. The molecule has 0 aliphatic rings. The fourth-order valence-corrected chi connectivity index (χ4v) is 2.58. The van der Waals surface area contributed by atoms with E-state index >= 15 is 0 Å². The quantitative estimate of drug-likeness (QED) is 0.584. The van der Waals surface area contributed by atoms with Gasteiger partial charge in [-0.3, -0.25) is 9.59 Å². The molecule has 26 heavy (non-hydrogen) atoms. The lowest BCUT2D eigenvalue weighted by Gasteiger charge is -2.21. The summed E-state index contributed by atoms with van der Waals surface area (Å²) in [5.41, 5.74) is 2.66. The van der Waals surface area contributed by atoms with Gasteiger partial charge in [0.15, 0.2) is 0 Å². The van der Waals surface area contributed by atoms with E-state index in [0.29, 0.717) is 18.8 Å². The number of hydrogen-bond acceptors (Lipinski definition) is 3. The summed E-state index contributed by atoms with van der Waals surface area (Å²) < 4.78 is 5.21. The van der Waals surface area contributed by atoms with Crippen LogP contribution in [0.25, 0.3) is 0 Å². The molecular weight excluding hydrogens is 328 g/mol. The molecule has 136 valence electrons. The number of carbonyl (C=O) groups excluding carboxylic acids is 2. The van der Waals surface area contributed by atoms with Gasteiger partial charge >= 0.3 is 0 Å². The van der Waals surface area contributed by atoms with Crippen molar-refractivity contribution in [1.82, 2.24) is 4.90 Å². The average Bonchev–Trinajstić information content (AvgIpc) is 2.61. The van der Waals surface area contributed by atoms with Gasteiger partial charge in [0.1, 0.15) is 12.2 Å². The van der Waals surface area contributed by atoms with Crippen LogP contribution >= 0.6 is 0 Å². The third-order valence-electron chi connectivity index (χ3n) is 3.82. The third kappa shape index (κ3) is 5.77. The minimum atomic E-state index is -0.333. The van der Waals surface area contributed by atoms with E-state index in [1.165, 1.54) is 0 Å². The van der Waals surface area contributed by atoms with E-state index in [2.05, 4.69) is 11.9 Å². The van der Waals surface area contributed by atoms with Crippen LogP contribution in [0.2, 0.25) is 0 Å². The fraction of sp³-hybridized carbons (Fsp3) is 0.238. The van der Waals surface area contributed by atoms with Crippen molar-refractivity contribution in [1.29, 1.82) is 0 Å². The molecule has 0 spiro atoms. The van der Waals surface area contributed by atoms with Gasteiger partial charge in [-0.25, -0.2) is 0 Å². The number of aryl methyl sites for hydroxylation is 1. The smallest absolute Gasteiger partial charge is 0.233 e. The normalized spacial score (nSPS) is 10.1. The first kappa shape index (κ1) is 19.2. The molecule has 0 aliphatic carbocycles. The van der Waals surface area contributed by atoms with Crippen LogP contribution < -0.4 is 10.1 Å². The zero-order chi connectivity index (χ0) is 18.9. The number of ether oxygens (including phenoxy) is 1. The Balaban J connectivity index is 2.00. The van der Waals surface area contributed by atoms with Gasteiger partial charge in [0.05, 0.1) is 7.11 Å². The molecule has 0 radical (unpaired) electrons. The summed E-state index contributed by atoms with van der Waals surface area (Å²) in [6, 6.07) is 15.0. The minimum Gasteiger partial charge on any atom is -0.497 e. The molecule has 0 unspecified atom stereocenters. The number of benzene rings is 2. The molecule has 0 heterocycles. The fourth-order valence-electron chi connectivity index (χ4n) is 2.58. The summed E-state index contributed by atoms with van der Waals surface area (Å²) >= 11 is 0. The van der Waals surface area contributed by atoms with Crippen molar-refractivity contribution in [3.05, 3.63) is 72.3 Å². The van der Waals surface area contributed by atoms with Crippen molar-refractivity contribution in [2.45, 2.75) is 19.9 Å². The van der Waals surface area contributed by atoms with Crippen LogP contribution in [0.15, 0.2) is 61.2 Å². The highest BCUT2D eigenvalue weighted by atomic mass is 16.5. The second kappa shape index (κ2) is 9.42. The highest BCUT2D eigenvalue weighted by molar-refractivity contribution is 6.03. The van der Waals surface area contributed by atoms with Crippen LogP contribution in [0.1, 0.15) is 17.5 Å². The average molecular weight is 352 g/mol. The number of methoxy groups -OCH3 is 1. The van der Waals surface area contributed by atoms with E-state index < -0.39 is 0 Å². The SMILES string of the molecule is C=CCN(Cc1cccc(OC)c1)C(=O)CC(=O)Nc1cccc(C)c1. The van der Waals surface area contributed by atoms with Gasteiger partial charge in [-0.1, -0.05) is 30.3 Å². The monoisotopic (exact) mass is 352 g/mol. The summed E-state index contributed by atoms with van der Waals surface area (Å²) in [7, 11) is 1.60. The Labute approximate surface area is 154 Å². The Morgan fingerprint density at radius 1 is 1.19 bits per heavy atom. The van der Waals surface area contributed by atoms with Gasteiger partial charge in [-0.2, -0.15) is 0 Å². The zero-order valence-electron chi connectivity index (χ0n) is 15.2. The van der Waals surface area contributed by atoms with Gasteiger partial charge < -0.3 is 15.0 Å². The van der Waals surface area contributed by atoms with Crippen LogP contribution in [-0.2, 0) is 16.1 Å². The largest absolute Gasteiger partial charge is 0.497 e. The van der Waals surface area contributed by atoms with Crippen LogP contribution in [-0.4, -0.2) is 30.4 Å². The molecular formula is C21H24N2O3. The maximum atomic E-state index is 12.5. The molecule has 0 aromatic heterocycles. The number of carbonyl (C=O) groups is 2. The van der Waals surface area contributed by atoms with Crippen molar-refractivity contribution in [3.63, 3.8) is 0 Å². The maximum Gasteiger partial charge on any atom is 0.233 e. The first-order chi connectivity index (χ1) is 12.5. The summed E-state index contributed by atoms with van der Waals surface area (Å²) in [5.74, 6) is 0.142. The van der Waals surface area contributed by atoms with Crippen molar-refractivity contribution >= 4 is 17.5 Å². The topological polar surface area (TPSA) is 58.6 Å². The molecule has 1 N–H and O–H groups in total. The summed E-state index contributed by atoms with van der Waals surface area (Å²) in [6.07, 6.45) is 1.43. The van der Waals surface area contributed by atoms with Gasteiger partial charge in [-0.05, 0) is 42.3 Å². The number of anilines is 1. The van der Waals surface area contributed by atoms with E-state index in [4.69, 9.17) is 4.74 Å². The van der Waals surface area contributed by atoms with Crippen molar-refractivity contribution in [2.24, 2.45) is 0 Å². The summed E-state index contributed by atoms with van der Waals surface area (Å²) in [4.78, 5) is 26.3. The van der Waals surface area contributed by atoms with Crippen LogP contribution in [0.3, 0.4) is 0 Å².